The third-order valence-electron chi connectivity index (χ3n) is 6.74. The van der Waals surface area contributed by atoms with Gasteiger partial charge in [-0.2, -0.15) is 4.39 Å². The summed E-state index contributed by atoms with van der Waals surface area (Å²) >= 11 is 0. The highest BCUT2D eigenvalue weighted by molar-refractivity contribution is 5.66. The Morgan fingerprint density at radius 2 is 1.94 bits per heavy atom. The molecule has 186 valence electrons. The van der Waals surface area contributed by atoms with Crippen molar-refractivity contribution in [3.63, 3.8) is 0 Å². The Bertz CT molecular complexity index is 1230. The van der Waals surface area contributed by atoms with Gasteiger partial charge < -0.3 is 25.3 Å². The van der Waals surface area contributed by atoms with E-state index in [4.69, 9.17) is 0 Å². The summed E-state index contributed by atoms with van der Waals surface area (Å²) in [6, 6.07) is 2.52. The maximum atomic E-state index is 15.8. The van der Waals surface area contributed by atoms with Crippen molar-refractivity contribution in [2.75, 3.05) is 43.0 Å². The number of carboxylic acid groups (broad SMARTS) is 1. The molecule has 2 saturated heterocycles. The van der Waals surface area contributed by atoms with Gasteiger partial charge in [-0.05, 0) is 43.7 Å². The highest BCUT2D eigenvalue weighted by Crippen LogP contribution is 2.31. The van der Waals surface area contributed by atoms with Crippen LogP contribution in [0.15, 0.2) is 24.5 Å². The number of fused-ring (bicyclic) bond motifs is 1. The Morgan fingerprint density at radius 1 is 1.14 bits per heavy atom. The number of nitrogens with zero attached hydrogens (tertiary/aromatic N) is 6. The first kappa shape index (κ1) is 23.2. The average Bonchev–Trinajstić information content (AvgIpc) is 3.28. The highest BCUT2D eigenvalue weighted by Gasteiger charge is 2.29. The van der Waals surface area contributed by atoms with Crippen LogP contribution in [0.5, 0.6) is 0 Å². The number of hydrogen-bond donors (Lipinski definition) is 3. The number of aromatic nitrogens is 4. The van der Waals surface area contributed by atoms with E-state index in [1.807, 2.05) is 4.90 Å². The number of amides is 1. The molecule has 5 heterocycles. The van der Waals surface area contributed by atoms with Gasteiger partial charge in [0.1, 0.15) is 17.2 Å². The predicted molar refractivity (Wildman–Crippen MR) is 124 cm³/mol. The summed E-state index contributed by atoms with van der Waals surface area (Å²) in [5, 5.41) is 21.9. The van der Waals surface area contributed by atoms with E-state index in [1.54, 1.807) is 0 Å². The van der Waals surface area contributed by atoms with Crippen LogP contribution < -0.4 is 10.2 Å². The number of pyridine rings is 1. The zero-order valence-electron chi connectivity index (χ0n) is 19.1. The van der Waals surface area contributed by atoms with Crippen molar-refractivity contribution in [2.24, 2.45) is 5.92 Å². The standard InChI is InChI=1S/C23H27F2N7O3/c24-15-3-4-18-26-10-17(32(18)11-15)20-28-21(27-16-2-1-7-31(12-16)23(34)35)19(25)22(29-20)30-8-5-14(13-33)6-9-30/h3-4,10-11,14,16,33H,1-2,5-9,12-13H2,(H,34,35)(H,27,28,29). The quantitative estimate of drug-likeness (QED) is 0.503. The first-order chi connectivity index (χ1) is 16.9. The highest BCUT2D eigenvalue weighted by atomic mass is 19.1. The lowest BCUT2D eigenvalue weighted by Gasteiger charge is -2.33. The van der Waals surface area contributed by atoms with Gasteiger partial charge in [0, 0.05) is 45.0 Å². The molecule has 1 unspecified atom stereocenters. The molecule has 1 amide bonds. The number of hydrogen-bond acceptors (Lipinski definition) is 7. The molecule has 12 heteroatoms. The van der Waals surface area contributed by atoms with E-state index in [0.717, 1.165) is 0 Å². The van der Waals surface area contributed by atoms with Crippen LogP contribution in [0.4, 0.5) is 25.2 Å². The smallest absolute Gasteiger partial charge is 0.407 e. The summed E-state index contributed by atoms with van der Waals surface area (Å²) < 4.78 is 31.2. The fourth-order valence-corrected chi connectivity index (χ4v) is 4.76. The second-order valence-corrected chi connectivity index (χ2v) is 9.08. The van der Waals surface area contributed by atoms with Crippen molar-refractivity contribution in [3.05, 3.63) is 36.2 Å². The fraction of sp³-hybridized carbons (Fsp3) is 0.478. The first-order valence-corrected chi connectivity index (χ1v) is 11.7. The molecule has 3 aromatic rings. The van der Waals surface area contributed by atoms with E-state index in [-0.39, 0.29) is 42.6 Å². The Labute approximate surface area is 200 Å². The minimum absolute atomic E-state index is 0.0297. The van der Waals surface area contributed by atoms with E-state index in [2.05, 4.69) is 20.3 Å². The molecule has 5 rings (SSSR count). The third kappa shape index (κ3) is 4.70. The van der Waals surface area contributed by atoms with Gasteiger partial charge >= 0.3 is 6.09 Å². The number of aliphatic hydroxyl groups is 1. The molecule has 0 spiro atoms. The molecule has 3 aromatic heterocycles. The predicted octanol–water partition coefficient (Wildman–Crippen LogP) is 2.83. The lowest BCUT2D eigenvalue weighted by molar-refractivity contribution is 0.132. The molecule has 0 radical (unpaired) electrons. The number of aliphatic hydroxyl groups excluding tert-OH is 1. The Balaban J connectivity index is 1.54. The van der Waals surface area contributed by atoms with Crippen molar-refractivity contribution in [3.8, 4) is 11.5 Å². The largest absolute Gasteiger partial charge is 0.465 e. The van der Waals surface area contributed by atoms with Crippen molar-refractivity contribution in [2.45, 2.75) is 31.7 Å². The fourth-order valence-electron chi connectivity index (χ4n) is 4.76. The molecule has 35 heavy (non-hydrogen) atoms. The van der Waals surface area contributed by atoms with E-state index in [1.165, 1.54) is 33.8 Å². The average molecular weight is 488 g/mol. The monoisotopic (exact) mass is 487 g/mol. The zero-order chi connectivity index (χ0) is 24.5. The molecule has 2 aliphatic rings. The van der Waals surface area contributed by atoms with Crippen molar-refractivity contribution in [1.29, 1.82) is 0 Å². The topological polar surface area (TPSA) is 119 Å². The molecular weight excluding hydrogens is 460 g/mol. The Kier molecular flexibility index (Phi) is 6.37. The molecule has 0 saturated carbocycles. The molecular formula is C23H27F2N7O3. The van der Waals surface area contributed by atoms with Crippen molar-refractivity contribution in [1.82, 2.24) is 24.3 Å². The van der Waals surface area contributed by atoms with Gasteiger partial charge in [-0.25, -0.2) is 24.1 Å². The van der Waals surface area contributed by atoms with Crippen LogP contribution in [0.1, 0.15) is 25.7 Å². The van der Waals surface area contributed by atoms with Crippen molar-refractivity contribution < 1.29 is 23.8 Å². The van der Waals surface area contributed by atoms with E-state index in [9.17, 15) is 19.4 Å². The van der Waals surface area contributed by atoms with Crippen LogP contribution in [-0.4, -0.2) is 79.4 Å². The van der Waals surface area contributed by atoms with Gasteiger partial charge in [-0.1, -0.05) is 0 Å². The molecule has 10 nitrogen and oxygen atoms in total. The minimum Gasteiger partial charge on any atom is -0.465 e. The van der Waals surface area contributed by atoms with Crippen LogP contribution in [-0.2, 0) is 0 Å². The molecule has 1 atom stereocenters. The van der Waals surface area contributed by atoms with Gasteiger partial charge in [0.05, 0.1) is 6.20 Å². The number of piperidine rings is 2. The second-order valence-electron chi connectivity index (χ2n) is 9.08. The number of halogens is 2. The van der Waals surface area contributed by atoms with Gasteiger partial charge in [0.25, 0.3) is 0 Å². The molecule has 0 aromatic carbocycles. The number of nitrogens with one attached hydrogen (secondary N) is 1. The van der Waals surface area contributed by atoms with E-state index >= 15 is 4.39 Å². The van der Waals surface area contributed by atoms with Crippen LogP contribution >= 0.6 is 0 Å². The van der Waals surface area contributed by atoms with Gasteiger partial charge in [0.15, 0.2) is 17.5 Å². The van der Waals surface area contributed by atoms with E-state index in [0.29, 0.717) is 56.7 Å². The Morgan fingerprint density at radius 3 is 2.69 bits per heavy atom. The lowest BCUT2D eigenvalue weighted by atomic mass is 9.98. The van der Waals surface area contributed by atoms with Crippen LogP contribution in [0.2, 0.25) is 0 Å². The zero-order valence-corrected chi connectivity index (χ0v) is 19.1. The number of anilines is 2. The van der Waals surface area contributed by atoms with Crippen LogP contribution in [0.25, 0.3) is 17.2 Å². The number of carbonyl (C=O) groups is 1. The number of likely N-dealkylation sites (tertiary alicyclic amines) is 1. The molecule has 3 N–H and O–H groups in total. The lowest BCUT2D eigenvalue weighted by Crippen LogP contribution is -2.44. The van der Waals surface area contributed by atoms with Gasteiger partial charge in [-0.15, -0.1) is 0 Å². The second kappa shape index (κ2) is 9.61. The van der Waals surface area contributed by atoms with E-state index < -0.39 is 17.7 Å². The van der Waals surface area contributed by atoms with Gasteiger partial charge in [-0.3, -0.25) is 4.40 Å². The third-order valence-corrected chi connectivity index (χ3v) is 6.74. The van der Waals surface area contributed by atoms with Crippen LogP contribution in [0.3, 0.4) is 0 Å². The molecule has 2 fully saturated rings. The number of imidazole rings is 1. The summed E-state index contributed by atoms with van der Waals surface area (Å²) in [6.45, 7) is 1.79. The summed E-state index contributed by atoms with van der Waals surface area (Å²) in [5.74, 6) is -0.650. The molecule has 2 aliphatic heterocycles. The Hall–Kier alpha value is -3.54. The molecule has 0 bridgehead atoms. The maximum absolute atomic E-state index is 15.8. The minimum atomic E-state index is -1.01. The summed E-state index contributed by atoms with van der Waals surface area (Å²) in [5.41, 5.74) is 0.906. The molecule has 0 aliphatic carbocycles. The normalized spacial score (nSPS) is 19.3. The maximum Gasteiger partial charge on any atom is 0.407 e. The van der Waals surface area contributed by atoms with Crippen molar-refractivity contribution >= 4 is 23.4 Å². The SMILES string of the molecule is O=C(O)N1CCCC(Nc2nc(-c3cnc4ccc(F)cn34)nc(N3CCC(CO)CC3)c2F)C1. The number of rotatable bonds is 5. The first-order valence-electron chi connectivity index (χ1n) is 11.7. The van der Waals surface area contributed by atoms with Gasteiger partial charge in [0.2, 0.25) is 5.82 Å². The summed E-state index contributed by atoms with van der Waals surface area (Å²) in [6.07, 6.45) is 4.50. The summed E-state index contributed by atoms with van der Waals surface area (Å²) in [4.78, 5) is 27.8. The van der Waals surface area contributed by atoms with Crippen LogP contribution in [0, 0.1) is 17.6 Å². The summed E-state index contributed by atoms with van der Waals surface area (Å²) in [7, 11) is 0.